The van der Waals surface area contributed by atoms with Crippen molar-refractivity contribution in [2.75, 3.05) is 12.1 Å². The van der Waals surface area contributed by atoms with Crippen molar-refractivity contribution in [3.8, 4) is 11.5 Å². The average Bonchev–Trinajstić information content (AvgIpc) is 2.94. The van der Waals surface area contributed by atoms with Gasteiger partial charge in [-0.15, -0.1) is 0 Å². The Bertz CT molecular complexity index is 675. The van der Waals surface area contributed by atoms with E-state index in [4.69, 9.17) is 9.47 Å². The molecule has 1 aromatic carbocycles. The molecule has 1 atom stereocenters. The molecule has 108 valence electrons. The maximum atomic E-state index is 11.2. The van der Waals surface area contributed by atoms with Gasteiger partial charge < -0.3 is 14.8 Å². The normalized spacial score (nSPS) is 13.8. The molecule has 21 heavy (non-hydrogen) atoms. The number of anilines is 1. The van der Waals surface area contributed by atoms with Gasteiger partial charge in [0.1, 0.15) is 5.69 Å². The van der Waals surface area contributed by atoms with Crippen molar-refractivity contribution in [3.05, 3.63) is 52.3 Å². The smallest absolute Gasteiger partial charge is 0.296 e. The number of hydrogen-bond acceptors (Lipinski definition) is 6. The zero-order chi connectivity index (χ0) is 14.8. The zero-order valence-electron chi connectivity index (χ0n) is 11.3. The summed E-state index contributed by atoms with van der Waals surface area (Å²) in [5.74, 6) is 0.897. The summed E-state index contributed by atoms with van der Waals surface area (Å²) in [6, 6.07) is 6.58. The third-order valence-corrected chi connectivity index (χ3v) is 3.27. The third-order valence-electron chi connectivity index (χ3n) is 3.27. The van der Waals surface area contributed by atoms with Crippen molar-refractivity contribution in [2.45, 2.75) is 13.0 Å². The lowest BCUT2D eigenvalue weighted by Crippen LogP contribution is -2.08. The minimum absolute atomic E-state index is 0.0415. The van der Waals surface area contributed by atoms with Gasteiger partial charge in [0.25, 0.3) is 5.69 Å². The summed E-state index contributed by atoms with van der Waals surface area (Å²) >= 11 is 0. The molecule has 3 rings (SSSR count). The first kappa shape index (κ1) is 13.2. The van der Waals surface area contributed by atoms with Crippen molar-refractivity contribution in [2.24, 2.45) is 0 Å². The fourth-order valence-electron chi connectivity index (χ4n) is 2.17. The predicted octanol–water partition coefficient (Wildman–Crippen LogP) is 2.89. The van der Waals surface area contributed by atoms with Gasteiger partial charge in [0.05, 0.1) is 11.0 Å². The summed E-state index contributed by atoms with van der Waals surface area (Å²) in [4.78, 5) is 14.7. The van der Waals surface area contributed by atoms with Gasteiger partial charge in [-0.3, -0.25) is 15.1 Å². The van der Waals surface area contributed by atoms with Crippen LogP contribution in [0.3, 0.4) is 0 Å². The number of hydrogen-bond donors (Lipinski definition) is 1. The number of fused-ring (bicyclic) bond motifs is 1. The van der Waals surface area contributed by atoms with Crippen molar-refractivity contribution in [1.29, 1.82) is 0 Å². The van der Waals surface area contributed by atoms with Gasteiger partial charge in [-0.25, -0.2) is 0 Å². The number of rotatable bonds is 4. The summed E-state index contributed by atoms with van der Waals surface area (Å²) in [6.45, 7) is 2.00. The van der Waals surface area contributed by atoms with Gasteiger partial charge >= 0.3 is 0 Å². The predicted molar refractivity (Wildman–Crippen MR) is 75.5 cm³/mol. The lowest BCUT2D eigenvalue weighted by Gasteiger charge is -2.15. The second-order valence-electron chi connectivity index (χ2n) is 4.63. The molecule has 0 spiro atoms. The minimum Gasteiger partial charge on any atom is -0.454 e. The number of benzene rings is 1. The van der Waals surface area contributed by atoms with Crippen LogP contribution in [-0.2, 0) is 0 Å². The van der Waals surface area contributed by atoms with Crippen LogP contribution in [0, 0.1) is 10.1 Å². The summed E-state index contributed by atoms with van der Waals surface area (Å²) in [7, 11) is 0. The van der Waals surface area contributed by atoms with Gasteiger partial charge in [-0.2, -0.15) is 0 Å². The monoisotopic (exact) mass is 287 g/mol. The van der Waals surface area contributed by atoms with Gasteiger partial charge in [0, 0.05) is 24.5 Å². The number of nitrogens with one attached hydrogen (secondary N) is 1. The van der Waals surface area contributed by atoms with E-state index in [0.29, 0.717) is 17.2 Å². The zero-order valence-corrected chi connectivity index (χ0v) is 11.3. The molecule has 0 amide bonds. The van der Waals surface area contributed by atoms with Crippen LogP contribution in [-0.4, -0.2) is 16.7 Å². The van der Waals surface area contributed by atoms with E-state index < -0.39 is 4.92 Å². The fourth-order valence-corrected chi connectivity index (χ4v) is 2.17. The number of nitro benzene ring substituents is 1. The van der Waals surface area contributed by atoms with E-state index in [2.05, 4.69) is 10.3 Å². The lowest BCUT2D eigenvalue weighted by atomic mass is 10.1. The van der Waals surface area contributed by atoms with Crippen LogP contribution in [0.15, 0.2) is 36.7 Å². The molecule has 1 N–H and O–H groups in total. The molecular weight excluding hydrogens is 274 g/mol. The minimum atomic E-state index is -0.441. The van der Waals surface area contributed by atoms with Crippen LogP contribution >= 0.6 is 0 Å². The Morgan fingerprint density at radius 2 is 1.95 bits per heavy atom. The molecule has 0 radical (unpaired) electrons. The fraction of sp³-hybridized carbons (Fsp3) is 0.214. The molecule has 0 aliphatic carbocycles. The first-order chi connectivity index (χ1) is 10.1. The molecule has 1 aliphatic rings. The summed E-state index contributed by atoms with van der Waals surface area (Å²) in [5, 5.41) is 14.3. The highest BCUT2D eigenvalue weighted by atomic mass is 16.7. The largest absolute Gasteiger partial charge is 0.454 e. The van der Waals surface area contributed by atoms with Gasteiger partial charge in [-0.05, 0) is 24.6 Å². The molecule has 2 heterocycles. The van der Waals surface area contributed by atoms with Gasteiger partial charge in [0.2, 0.25) is 6.79 Å². The number of aromatic nitrogens is 1. The molecule has 0 saturated heterocycles. The highest BCUT2D eigenvalue weighted by molar-refractivity contribution is 5.69. The molecule has 1 aliphatic heterocycles. The van der Waals surface area contributed by atoms with Crippen LogP contribution in [0.25, 0.3) is 0 Å². The Kier molecular flexibility index (Phi) is 3.31. The van der Waals surface area contributed by atoms with Crippen LogP contribution in [0.4, 0.5) is 11.4 Å². The van der Waals surface area contributed by atoms with Crippen LogP contribution < -0.4 is 14.8 Å². The first-order valence-electron chi connectivity index (χ1n) is 6.39. The molecule has 0 fully saturated rings. The van der Waals surface area contributed by atoms with E-state index in [1.165, 1.54) is 6.07 Å². The quantitative estimate of drug-likeness (QED) is 0.687. The Balaban J connectivity index is 1.93. The maximum absolute atomic E-state index is 11.2. The first-order valence-corrected chi connectivity index (χ1v) is 6.39. The Morgan fingerprint density at radius 3 is 2.62 bits per heavy atom. The standard InChI is InChI=1S/C14H13N3O4/c1-9(10-2-4-15-5-3-10)16-11-6-13-14(21-8-20-13)7-12(11)17(18)19/h2-7,9,16H,8H2,1H3. The van der Waals surface area contributed by atoms with E-state index in [-0.39, 0.29) is 18.5 Å². The van der Waals surface area contributed by atoms with E-state index in [1.807, 2.05) is 19.1 Å². The summed E-state index contributed by atoms with van der Waals surface area (Å²) in [5.41, 5.74) is 1.34. The van der Waals surface area contributed by atoms with E-state index in [9.17, 15) is 10.1 Å². The number of pyridine rings is 1. The number of nitro groups is 1. The third kappa shape index (κ3) is 2.58. The molecule has 0 bridgehead atoms. The van der Waals surface area contributed by atoms with E-state index >= 15 is 0 Å². The van der Waals surface area contributed by atoms with E-state index in [1.54, 1.807) is 18.5 Å². The van der Waals surface area contributed by atoms with Crippen molar-refractivity contribution in [1.82, 2.24) is 4.98 Å². The van der Waals surface area contributed by atoms with Crippen molar-refractivity contribution in [3.63, 3.8) is 0 Å². The maximum Gasteiger partial charge on any atom is 0.296 e. The topological polar surface area (TPSA) is 86.5 Å². The second kappa shape index (κ2) is 5.28. The Morgan fingerprint density at radius 1 is 1.29 bits per heavy atom. The molecule has 2 aromatic rings. The van der Waals surface area contributed by atoms with Gasteiger partial charge in [-0.1, -0.05) is 0 Å². The Labute approximate surface area is 120 Å². The molecule has 7 nitrogen and oxygen atoms in total. The Hall–Kier alpha value is -2.83. The molecule has 7 heteroatoms. The highest BCUT2D eigenvalue weighted by Crippen LogP contribution is 2.41. The lowest BCUT2D eigenvalue weighted by molar-refractivity contribution is -0.384. The van der Waals surface area contributed by atoms with Crippen molar-refractivity contribution < 1.29 is 14.4 Å². The SMILES string of the molecule is CC(Nc1cc2c(cc1[N+](=O)[O-])OCO2)c1ccncc1. The molecular formula is C14H13N3O4. The molecule has 1 aromatic heterocycles. The number of ether oxygens (including phenoxy) is 2. The second-order valence-corrected chi connectivity index (χ2v) is 4.63. The van der Waals surface area contributed by atoms with Crippen LogP contribution in [0.2, 0.25) is 0 Å². The summed E-state index contributed by atoms with van der Waals surface area (Å²) < 4.78 is 10.4. The average molecular weight is 287 g/mol. The number of nitrogens with zero attached hydrogens (tertiary/aromatic N) is 2. The van der Waals surface area contributed by atoms with E-state index in [0.717, 1.165) is 5.56 Å². The van der Waals surface area contributed by atoms with Gasteiger partial charge in [0.15, 0.2) is 11.5 Å². The van der Waals surface area contributed by atoms with Crippen LogP contribution in [0.5, 0.6) is 11.5 Å². The summed E-state index contributed by atoms with van der Waals surface area (Å²) in [6.07, 6.45) is 3.36. The van der Waals surface area contributed by atoms with Crippen molar-refractivity contribution >= 4 is 11.4 Å². The van der Waals surface area contributed by atoms with Crippen LogP contribution in [0.1, 0.15) is 18.5 Å². The molecule has 1 unspecified atom stereocenters. The molecule has 0 saturated carbocycles. The highest BCUT2D eigenvalue weighted by Gasteiger charge is 2.24.